The highest BCUT2D eigenvalue weighted by Gasteiger charge is 2.29. The van der Waals surface area contributed by atoms with Gasteiger partial charge in [0.1, 0.15) is 12.4 Å². The Labute approximate surface area is 101 Å². The van der Waals surface area contributed by atoms with Gasteiger partial charge < -0.3 is 4.74 Å². The molecule has 3 heteroatoms. The molecule has 0 bridgehead atoms. The average Bonchev–Trinajstić information content (AvgIpc) is 3.11. The summed E-state index contributed by atoms with van der Waals surface area (Å²) >= 11 is 0. The third kappa shape index (κ3) is 2.65. The van der Waals surface area contributed by atoms with Crippen molar-refractivity contribution in [3.63, 3.8) is 0 Å². The molecule has 0 unspecified atom stereocenters. The molecule has 0 N–H and O–H groups in total. The molecule has 1 aromatic rings. The molecule has 1 aliphatic carbocycles. The van der Waals surface area contributed by atoms with Gasteiger partial charge in [0.2, 0.25) is 0 Å². The fraction of sp³-hybridized carbons (Fsp3) is 0.429. The number of carbonyl (C=O) groups excluding carboxylic acids is 1. The molecular formula is C14H15NO2. The lowest BCUT2D eigenvalue weighted by atomic mass is 10.1. The maximum Gasteiger partial charge on any atom is 0.173 e. The van der Waals surface area contributed by atoms with Crippen molar-refractivity contribution < 1.29 is 9.53 Å². The first-order valence-electron chi connectivity index (χ1n) is 5.78. The molecule has 88 valence electrons. The highest BCUT2D eigenvalue weighted by Crippen LogP contribution is 2.31. The van der Waals surface area contributed by atoms with Crippen molar-refractivity contribution in [3.8, 4) is 11.8 Å². The van der Waals surface area contributed by atoms with Crippen LogP contribution >= 0.6 is 0 Å². The maximum absolute atomic E-state index is 11.5. The summed E-state index contributed by atoms with van der Waals surface area (Å²) in [6, 6.07) is 5.67. The monoisotopic (exact) mass is 229 g/mol. The largest absolute Gasteiger partial charge is 0.485 e. The summed E-state index contributed by atoms with van der Waals surface area (Å²) in [5.74, 6) is 1.15. The van der Waals surface area contributed by atoms with Crippen molar-refractivity contribution in [1.82, 2.24) is 0 Å². The van der Waals surface area contributed by atoms with Crippen molar-refractivity contribution in [3.05, 3.63) is 28.8 Å². The normalized spacial score (nSPS) is 14.2. The van der Waals surface area contributed by atoms with Crippen LogP contribution < -0.4 is 4.74 Å². The second kappa shape index (κ2) is 4.58. The zero-order valence-electron chi connectivity index (χ0n) is 10.1. The van der Waals surface area contributed by atoms with E-state index >= 15 is 0 Å². The summed E-state index contributed by atoms with van der Waals surface area (Å²) < 4.78 is 5.57. The van der Waals surface area contributed by atoms with E-state index in [1.165, 1.54) is 0 Å². The molecule has 0 heterocycles. The fourth-order valence-electron chi connectivity index (χ4n) is 1.91. The summed E-state index contributed by atoms with van der Waals surface area (Å²) in [5.41, 5.74) is 2.44. The van der Waals surface area contributed by atoms with E-state index in [4.69, 9.17) is 10.00 Å². The SMILES string of the molecule is Cc1cc(C#N)cc(C)c1OCC(=O)C1CC1. The van der Waals surface area contributed by atoms with Gasteiger partial charge in [-0.1, -0.05) is 0 Å². The quantitative estimate of drug-likeness (QED) is 0.797. The minimum absolute atomic E-state index is 0.151. The van der Waals surface area contributed by atoms with E-state index in [2.05, 4.69) is 6.07 Å². The molecule has 1 aromatic carbocycles. The van der Waals surface area contributed by atoms with Gasteiger partial charge in [-0.25, -0.2) is 0 Å². The Balaban J connectivity index is 2.10. The van der Waals surface area contributed by atoms with Gasteiger partial charge in [-0.15, -0.1) is 0 Å². The molecule has 1 aliphatic rings. The molecule has 3 nitrogen and oxygen atoms in total. The molecule has 0 amide bonds. The number of benzene rings is 1. The van der Waals surface area contributed by atoms with Crippen LogP contribution in [0.15, 0.2) is 12.1 Å². The molecular weight excluding hydrogens is 214 g/mol. The predicted octanol–water partition coefficient (Wildman–Crippen LogP) is 2.53. The zero-order valence-corrected chi connectivity index (χ0v) is 10.1. The van der Waals surface area contributed by atoms with Crippen molar-refractivity contribution in [2.45, 2.75) is 26.7 Å². The second-order valence-electron chi connectivity index (χ2n) is 4.58. The van der Waals surface area contributed by atoms with Gasteiger partial charge >= 0.3 is 0 Å². The molecule has 2 rings (SSSR count). The van der Waals surface area contributed by atoms with Gasteiger partial charge in [0.15, 0.2) is 5.78 Å². The summed E-state index contributed by atoms with van der Waals surface area (Å²) in [7, 11) is 0. The van der Waals surface area contributed by atoms with Crippen LogP contribution in [0.3, 0.4) is 0 Å². The Bertz CT molecular complexity index is 472. The number of ether oxygens (including phenoxy) is 1. The predicted molar refractivity (Wildman–Crippen MR) is 63.9 cm³/mol. The van der Waals surface area contributed by atoms with Gasteiger partial charge in [0.25, 0.3) is 0 Å². The van der Waals surface area contributed by atoms with Crippen molar-refractivity contribution in [2.24, 2.45) is 5.92 Å². The van der Waals surface area contributed by atoms with Crippen LogP contribution in [-0.4, -0.2) is 12.4 Å². The van der Waals surface area contributed by atoms with Gasteiger partial charge in [-0.05, 0) is 49.9 Å². The van der Waals surface area contributed by atoms with E-state index in [0.29, 0.717) is 5.56 Å². The highest BCUT2D eigenvalue weighted by atomic mass is 16.5. The van der Waals surface area contributed by atoms with Crippen molar-refractivity contribution >= 4 is 5.78 Å². The molecule has 0 radical (unpaired) electrons. The third-order valence-electron chi connectivity index (χ3n) is 2.98. The van der Waals surface area contributed by atoms with Gasteiger partial charge in [0, 0.05) is 5.92 Å². The Hall–Kier alpha value is -1.82. The highest BCUT2D eigenvalue weighted by molar-refractivity contribution is 5.84. The second-order valence-corrected chi connectivity index (χ2v) is 4.58. The number of hydrogen-bond acceptors (Lipinski definition) is 3. The lowest BCUT2D eigenvalue weighted by molar-refractivity contribution is -0.122. The number of Topliss-reactive ketones (excluding diaryl/α,β-unsaturated/α-hetero) is 1. The van der Waals surface area contributed by atoms with Crippen molar-refractivity contribution in [1.29, 1.82) is 5.26 Å². The minimum atomic E-state index is 0.151. The first-order valence-corrected chi connectivity index (χ1v) is 5.78. The summed E-state index contributed by atoms with van der Waals surface area (Å²) in [4.78, 5) is 11.5. The Morgan fingerprint density at radius 1 is 1.41 bits per heavy atom. The van der Waals surface area contributed by atoms with E-state index in [-0.39, 0.29) is 18.3 Å². The van der Waals surface area contributed by atoms with E-state index in [9.17, 15) is 4.79 Å². The molecule has 0 spiro atoms. The topological polar surface area (TPSA) is 50.1 Å². The molecule has 0 aliphatic heterocycles. The van der Waals surface area contributed by atoms with E-state index in [1.54, 1.807) is 12.1 Å². The summed E-state index contributed by atoms with van der Waals surface area (Å²) in [5, 5.41) is 8.83. The Morgan fingerprint density at radius 2 is 2.00 bits per heavy atom. The van der Waals surface area contributed by atoms with Gasteiger partial charge in [0.05, 0.1) is 11.6 Å². The average molecular weight is 229 g/mol. The number of nitrogens with zero attached hydrogens (tertiary/aromatic N) is 1. The Morgan fingerprint density at radius 3 is 2.47 bits per heavy atom. The number of hydrogen-bond donors (Lipinski definition) is 0. The third-order valence-corrected chi connectivity index (χ3v) is 2.98. The van der Waals surface area contributed by atoms with Gasteiger partial charge in [-0.3, -0.25) is 4.79 Å². The van der Waals surface area contributed by atoms with E-state index < -0.39 is 0 Å². The lowest BCUT2D eigenvalue weighted by Gasteiger charge is -2.11. The van der Waals surface area contributed by atoms with Crippen LogP contribution in [-0.2, 0) is 4.79 Å². The number of carbonyl (C=O) groups is 1. The molecule has 17 heavy (non-hydrogen) atoms. The van der Waals surface area contributed by atoms with Crippen molar-refractivity contribution in [2.75, 3.05) is 6.61 Å². The van der Waals surface area contributed by atoms with Crippen LogP contribution in [0, 0.1) is 31.1 Å². The van der Waals surface area contributed by atoms with E-state index in [1.807, 2.05) is 13.8 Å². The molecule has 1 fully saturated rings. The van der Waals surface area contributed by atoms with E-state index in [0.717, 1.165) is 29.7 Å². The standard InChI is InChI=1S/C14H15NO2/c1-9-5-11(7-15)6-10(2)14(9)17-8-13(16)12-3-4-12/h5-6,12H,3-4,8H2,1-2H3. The molecule has 0 atom stereocenters. The first-order chi connectivity index (χ1) is 8.11. The Kier molecular flexibility index (Phi) is 3.14. The zero-order chi connectivity index (χ0) is 12.4. The number of aryl methyl sites for hydroxylation is 2. The van der Waals surface area contributed by atoms with Crippen LogP contribution in [0.5, 0.6) is 5.75 Å². The smallest absolute Gasteiger partial charge is 0.173 e. The number of rotatable bonds is 4. The summed E-state index contributed by atoms with van der Waals surface area (Å²) in [6.45, 7) is 3.94. The van der Waals surface area contributed by atoms with Crippen LogP contribution in [0.25, 0.3) is 0 Å². The maximum atomic E-state index is 11.5. The van der Waals surface area contributed by atoms with Crippen LogP contribution in [0.1, 0.15) is 29.5 Å². The minimum Gasteiger partial charge on any atom is -0.485 e. The van der Waals surface area contributed by atoms with Crippen LogP contribution in [0.2, 0.25) is 0 Å². The lowest BCUT2D eigenvalue weighted by Crippen LogP contribution is -2.14. The van der Waals surface area contributed by atoms with Gasteiger partial charge in [-0.2, -0.15) is 5.26 Å². The van der Waals surface area contributed by atoms with Crippen LogP contribution in [0.4, 0.5) is 0 Å². The summed E-state index contributed by atoms with van der Waals surface area (Å²) in [6.07, 6.45) is 2.01. The molecule has 0 saturated heterocycles. The molecule has 1 saturated carbocycles. The molecule has 0 aromatic heterocycles. The fourth-order valence-corrected chi connectivity index (χ4v) is 1.91. The number of nitriles is 1. The first kappa shape index (κ1) is 11.7. The number of ketones is 1.